The lowest BCUT2D eigenvalue weighted by Gasteiger charge is -2.04. The van der Waals surface area contributed by atoms with Crippen LogP contribution in [0.15, 0.2) is 21.5 Å². The smallest absolute Gasteiger partial charge is 0.266 e. The average molecular weight is 297 g/mol. The van der Waals surface area contributed by atoms with E-state index in [1.807, 2.05) is 0 Å². The van der Waals surface area contributed by atoms with E-state index in [1.54, 1.807) is 6.07 Å². The number of hydrogen-bond acceptors (Lipinski definition) is 4. The van der Waals surface area contributed by atoms with Crippen molar-refractivity contribution in [2.45, 2.75) is 4.90 Å². The van der Waals surface area contributed by atoms with Crippen LogP contribution >= 0.6 is 26.6 Å². The van der Waals surface area contributed by atoms with Crippen molar-refractivity contribution in [1.82, 2.24) is 0 Å². The minimum Gasteiger partial charge on any atom is -0.506 e. The number of phenolic OH excluding ortho intramolecular Hbond substituents is 1. The van der Waals surface area contributed by atoms with Gasteiger partial charge in [0.05, 0.1) is 10.0 Å². The van der Waals surface area contributed by atoms with Crippen LogP contribution in [-0.2, 0) is 9.05 Å². The maximum Gasteiger partial charge on any atom is 0.266 e. The third-order valence-corrected chi connectivity index (χ3v) is 3.89. The summed E-state index contributed by atoms with van der Waals surface area (Å²) in [6.45, 7) is 0. The SMILES string of the molecule is N#Cc1ccc(O)c(S(=O)(=O)Cl)c1Br. The van der Waals surface area contributed by atoms with Crippen molar-refractivity contribution in [3.63, 3.8) is 0 Å². The van der Waals surface area contributed by atoms with E-state index in [0.29, 0.717) is 0 Å². The van der Waals surface area contributed by atoms with Gasteiger partial charge in [0.15, 0.2) is 0 Å². The summed E-state index contributed by atoms with van der Waals surface area (Å²) in [7, 11) is 0.998. The molecule has 0 radical (unpaired) electrons. The molecule has 0 aromatic heterocycles. The van der Waals surface area contributed by atoms with Gasteiger partial charge < -0.3 is 5.11 Å². The monoisotopic (exact) mass is 295 g/mol. The highest BCUT2D eigenvalue weighted by Crippen LogP contribution is 2.35. The van der Waals surface area contributed by atoms with E-state index in [4.69, 9.17) is 15.9 Å². The van der Waals surface area contributed by atoms with Crippen molar-refractivity contribution in [1.29, 1.82) is 5.26 Å². The number of nitriles is 1. The molecule has 0 spiro atoms. The molecule has 0 heterocycles. The van der Waals surface area contributed by atoms with Crippen molar-refractivity contribution in [3.05, 3.63) is 22.2 Å². The third kappa shape index (κ3) is 2.00. The molecule has 0 atom stereocenters. The predicted molar refractivity (Wildman–Crippen MR) is 53.6 cm³/mol. The van der Waals surface area contributed by atoms with Crippen molar-refractivity contribution < 1.29 is 13.5 Å². The number of phenols is 1. The number of nitrogens with zero attached hydrogens (tertiary/aromatic N) is 1. The summed E-state index contributed by atoms with van der Waals surface area (Å²) < 4.78 is 22.0. The Balaban J connectivity index is 3.68. The Morgan fingerprint density at radius 3 is 2.50 bits per heavy atom. The van der Waals surface area contributed by atoms with Gasteiger partial charge in [-0.15, -0.1) is 0 Å². The van der Waals surface area contributed by atoms with Gasteiger partial charge in [-0.1, -0.05) is 0 Å². The molecule has 0 aliphatic carbocycles. The lowest BCUT2D eigenvalue weighted by atomic mass is 10.2. The quantitative estimate of drug-likeness (QED) is 0.804. The first-order valence-electron chi connectivity index (χ1n) is 3.24. The second-order valence-corrected chi connectivity index (χ2v) is 5.62. The molecule has 0 unspecified atom stereocenters. The van der Waals surface area contributed by atoms with Crippen LogP contribution < -0.4 is 0 Å². The summed E-state index contributed by atoms with van der Waals surface area (Å²) in [5.74, 6) is -0.495. The van der Waals surface area contributed by atoms with Crippen molar-refractivity contribution >= 4 is 35.7 Å². The largest absolute Gasteiger partial charge is 0.506 e. The Morgan fingerprint density at radius 2 is 2.07 bits per heavy atom. The molecule has 0 aliphatic rings. The highest BCUT2D eigenvalue weighted by molar-refractivity contribution is 9.10. The number of hydrogen-bond donors (Lipinski definition) is 1. The molecule has 7 heteroatoms. The van der Waals surface area contributed by atoms with Gasteiger partial charge in [0.2, 0.25) is 0 Å². The Kier molecular flexibility index (Phi) is 3.04. The Morgan fingerprint density at radius 1 is 1.50 bits per heavy atom. The van der Waals surface area contributed by atoms with Gasteiger partial charge in [-0.05, 0) is 28.1 Å². The normalized spacial score (nSPS) is 10.9. The lowest BCUT2D eigenvalue weighted by molar-refractivity contribution is 0.458. The van der Waals surface area contributed by atoms with Crippen LogP contribution in [0.3, 0.4) is 0 Å². The average Bonchev–Trinajstić information content (AvgIpc) is 2.02. The zero-order valence-corrected chi connectivity index (χ0v) is 9.69. The standard InChI is InChI=1S/C7H3BrClNO3S/c8-6-4(3-10)1-2-5(11)7(6)14(9,12)13/h1-2,11H. The number of aromatic hydroxyl groups is 1. The van der Waals surface area contributed by atoms with Crippen molar-refractivity contribution in [2.75, 3.05) is 0 Å². The number of rotatable bonds is 1. The highest BCUT2D eigenvalue weighted by Gasteiger charge is 2.21. The molecule has 14 heavy (non-hydrogen) atoms. The minimum absolute atomic E-state index is 0.0324. The van der Waals surface area contributed by atoms with Crippen molar-refractivity contribution in [2.24, 2.45) is 0 Å². The Labute approximate surface area is 93.3 Å². The van der Waals surface area contributed by atoms with Gasteiger partial charge in [0.1, 0.15) is 16.7 Å². The predicted octanol–water partition coefficient (Wildman–Crippen LogP) is 1.95. The maximum atomic E-state index is 11.0. The topological polar surface area (TPSA) is 78.2 Å². The molecular formula is C7H3BrClNO3S. The van der Waals surface area contributed by atoms with E-state index < -0.39 is 19.7 Å². The summed E-state index contributed by atoms with van der Waals surface area (Å²) in [4.78, 5) is -0.488. The molecule has 0 aliphatic heterocycles. The molecule has 4 nitrogen and oxygen atoms in total. The molecular weight excluding hydrogens is 294 g/mol. The molecule has 0 saturated carbocycles. The fourth-order valence-corrected chi connectivity index (χ4v) is 3.32. The van der Waals surface area contributed by atoms with E-state index >= 15 is 0 Å². The first kappa shape index (κ1) is 11.3. The van der Waals surface area contributed by atoms with E-state index in [0.717, 1.165) is 6.07 Å². The molecule has 74 valence electrons. The zero-order valence-electron chi connectivity index (χ0n) is 6.53. The summed E-state index contributed by atoms with van der Waals surface area (Å²) >= 11 is 2.88. The van der Waals surface area contributed by atoms with Crippen LogP contribution in [-0.4, -0.2) is 13.5 Å². The molecule has 1 N–H and O–H groups in total. The first-order chi connectivity index (χ1) is 6.38. The van der Waals surface area contributed by atoms with E-state index in [9.17, 15) is 13.5 Å². The van der Waals surface area contributed by atoms with Crippen LogP contribution in [0.25, 0.3) is 0 Å². The van der Waals surface area contributed by atoms with Crippen LogP contribution in [0.2, 0.25) is 0 Å². The zero-order chi connectivity index (χ0) is 10.9. The molecule has 0 saturated heterocycles. The molecule has 1 aromatic rings. The van der Waals surface area contributed by atoms with Gasteiger partial charge in [-0.25, -0.2) is 8.42 Å². The van der Waals surface area contributed by atoms with Crippen LogP contribution in [0.1, 0.15) is 5.56 Å². The maximum absolute atomic E-state index is 11.0. The minimum atomic E-state index is -4.07. The Hall–Kier alpha value is -0.770. The summed E-state index contributed by atoms with van der Waals surface area (Å²) in [5, 5.41) is 17.8. The Bertz CT molecular complexity index is 520. The molecule has 0 amide bonds. The van der Waals surface area contributed by atoms with Gasteiger partial charge in [0.25, 0.3) is 9.05 Å². The van der Waals surface area contributed by atoms with Gasteiger partial charge in [-0.2, -0.15) is 5.26 Å². The van der Waals surface area contributed by atoms with Gasteiger partial charge >= 0.3 is 0 Å². The number of benzene rings is 1. The van der Waals surface area contributed by atoms with Crippen LogP contribution in [0.5, 0.6) is 5.75 Å². The molecule has 1 aromatic carbocycles. The first-order valence-corrected chi connectivity index (χ1v) is 6.34. The second kappa shape index (κ2) is 3.77. The summed E-state index contributed by atoms with van der Waals surface area (Å²) in [6.07, 6.45) is 0. The molecule has 1 rings (SSSR count). The van der Waals surface area contributed by atoms with E-state index in [2.05, 4.69) is 15.9 Å². The summed E-state index contributed by atoms with van der Waals surface area (Å²) in [5.41, 5.74) is 0.0852. The van der Waals surface area contributed by atoms with Crippen LogP contribution in [0.4, 0.5) is 0 Å². The number of halogens is 2. The van der Waals surface area contributed by atoms with Gasteiger partial charge in [-0.3, -0.25) is 0 Å². The second-order valence-electron chi connectivity index (χ2n) is 2.33. The fraction of sp³-hybridized carbons (Fsp3) is 0. The van der Waals surface area contributed by atoms with Gasteiger partial charge in [0, 0.05) is 10.7 Å². The molecule has 0 bridgehead atoms. The van der Waals surface area contributed by atoms with Crippen molar-refractivity contribution in [3.8, 4) is 11.8 Å². The van der Waals surface area contributed by atoms with E-state index in [-0.39, 0.29) is 10.0 Å². The highest BCUT2D eigenvalue weighted by atomic mass is 79.9. The molecule has 0 fully saturated rings. The fourth-order valence-electron chi connectivity index (χ4n) is 0.864. The van der Waals surface area contributed by atoms with Crippen LogP contribution in [0, 0.1) is 11.3 Å². The van der Waals surface area contributed by atoms with E-state index in [1.165, 1.54) is 6.07 Å². The lowest BCUT2D eigenvalue weighted by Crippen LogP contribution is -1.95. The summed E-state index contributed by atoms with van der Waals surface area (Å²) in [6, 6.07) is 4.13. The third-order valence-electron chi connectivity index (χ3n) is 1.44.